The van der Waals surface area contributed by atoms with E-state index in [4.69, 9.17) is 4.74 Å². The fraction of sp³-hybridized carbons (Fsp3) is 0.381. The summed E-state index contributed by atoms with van der Waals surface area (Å²) in [5.74, 6) is -0.0495. The number of nitrogens with zero attached hydrogens (tertiary/aromatic N) is 1. The van der Waals surface area contributed by atoms with E-state index in [-0.39, 0.29) is 11.9 Å². The van der Waals surface area contributed by atoms with Gasteiger partial charge < -0.3 is 20.3 Å². The van der Waals surface area contributed by atoms with Crippen LogP contribution >= 0.6 is 0 Å². The van der Waals surface area contributed by atoms with Crippen molar-refractivity contribution < 1.29 is 9.53 Å². The van der Waals surface area contributed by atoms with Crippen molar-refractivity contribution in [2.45, 2.75) is 26.3 Å². The van der Waals surface area contributed by atoms with Crippen molar-refractivity contribution in [2.24, 2.45) is 0 Å². The smallest absolute Gasteiger partial charge is 0.246 e. The predicted molar refractivity (Wildman–Crippen MR) is 107 cm³/mol. The highest BCUT2D eigenvalue weighted by Gasteiger charge is 2.14. The van der Waals surface area contributed by atoms with E-state index in [9.17, 15) is 4.79 Å². The average molecular weight is 353 g/mol. The van der Waals surface area contributed by atoms with Crippen LogP contribution in [0.4, 0.5) is 17.1 Å². The highest BCUT2D eigenvalue weighted by molar-refractivity contribution is 5.96. The largest absolute Gasteiger partial charge is 0.378 e. The van der Waals surface area contributed by atoms with Gasteiger partial charge in [-0.15, -0.1) is 0 Å². The first-order valence-electron chi connectivity index (χ1n) is 9.25. The van der Waals surface area contributed by atoms with Gasteiger partial charge in [-0.05, 0) is 55.3 Å². The Hall–Kier alpha value is -2.53. The Morgan fingerprint density at radius 1 is 1.04 bits per heavy atom. The molecule has 5 heteroatoms. The molecule has 1 amide bonds. The second kappa shape index (κ2) is 8.72. The maximum absolute atomic E-state index is 12.4. The fourth-order valence-corrected chi connectivity index (χ4v) is 2.98. The predicted octanol–water partition coefficient (Wildman–Crippen LogP) is 3.52. The van der Waals surface area contributed by atoms with Crippen LogP contribution in [0.5, 0.6) is 0 Å². The molecule has 2 aromatic carbocycles. The molecule has 0 aliphatic carbocycles. The molecule has 0 bridgehead atoms. The van der Waals surface area contributed by atoms with Gasteiger partial charge in [0.15, 0.2) is 0 Å². The Bertz CT molecular complexity index is 707. The number of nitrogens with one attached hydrogen (secondary N) is 2. The number of carbonyl (C=O) groups excluding carboxylic acids is 1. The van der Waals surface area contributed by atoms with Crippen molar-refractivity contribution >= 4 is 23.0 Å². The lowest BCUT2D eigenvalue weighted by Gasteiger charge is -2.29. The second-order valence-electron chi connectivity index (χ2n) is 6.55. The highest BCUT2D eigenvalue weighted by Crippen LogP contribution is 2.20. The van der Waals surface area contributed by atoms with Crippen molar-refractivity contribution in [3.8, 4) is 0 Å². The van der Waals surface area contributed by atoms with Crippen molar-refractivity contribution in [1.82, 2.24) is 0 Å². The van der Waals surface area contributed by atoms with Gasteiger partial charge in [0, 0.05) is 30.2 Å². The number of anilines is 3. The fourth-order valence-electron chi connectivity index (χ4n) is 2.98. The SMILES string of the molecule is CCc1ccc(NC(=O)[C@H](C)Nc2ccc(N3CCOCC3)cc2)cc1. The van der Waals surface area contributed by atoms with Crippen molar-refractivity contribution in [2.75, 3.05) is 41.8 Å². The molecule has 3 rings (SSSR count). The Kier molecular flexibility index (Phi) is 6.12. The van der Waals surface area contributed by atoms with Gasteiger partial charge in [0.1, 0.15) is 6.04 Å². The van der Waals surface area contributed by atoms with Crippen LogP contribution < -0.4 is 15.5 Å². The minimum absolute atomic E-state index is 0.0495. The molecule has 1 atom stereocenters. The van der Waals surface area contributed by atoms with Gasteiger partial charge in [-0.3, -0.25) is 4.79 Å². The number of aryl methyl sites for hydroxylation is 1. The molecule has 0 unspecified atom stereocenters. The molecule has 0 spiro atoms. The lowest BCUT2D eigenvalue weighted by atomic mass is 10.1. The van der Waals surface area contributed by atoms with E-state index < -0.39 is 0 Å². The zero-order valence-corrected chi connectivity index (χ0v) is 15.5. The Balaban J connectivity index is 1.54. The number of benzene rings is 2. The monoisotopic (exact) mass is 353 g/mol. The second-order valence-corrected chi connectivity index (χ2v) is 6.55. The van der Waals surface area contributed by atoms with Crippen molar-refractivity contribution in [3.05, 3.63) is 54.1 Å². The van der Waals surface area contributed by atoms with E-state index in [2.05, 4.69) is 34.6 Å². The number of hydrogen-bond acceptors (Lipinski definition) is 4. The van der Waals surface area contributed by atoms with Crippen molar-refractivity contribution in [3.63, 3.8) is 0 Å². The Morgan fingerprint density at radius 3 is 2.27 bits per heavy atom. The van der Waals surface area contributed by atoms with E-state index in [1.54, 1.807) is 0 Å². The first kappa shape index (κ1) is 18.3. The molecule has 0 aromatic heterocycles. The maximum Gasteiger partial charge on any atom is 0.246 e. The normalized spacial score (nSPS) is 15.4. The molecular weight excluding hydrogens is 326 g/mol. The van der Waals surface area contributed by atoms with E-state index >= 15 is 0 Å². The molecule has 1 saturated heterocycles. The summed E-state index contributed by atoms with van der Waals surface area (Å²) >= 11 is 0. The minimum Gasteiger partial charge on any atom is -0.378 e. The molecule has 2 aromatic rings. The van der Waals surface area contributed by atoms with E-state index in [0.29, 0.717) is 0 Å². The van der Waals surface area contributed by atoms with Crippen LogP contribution in [0.15, 0.2) is 48.5 Å². The molecule has 2 N–H and O–H groups in total. The molecule has 0 saturated carbocycles. The van der Waals surface area contributed by atoms with Gasteiger partial charge in [0.05, 0.1) is 13.2 Å². The summed E-state index contributed by atoms with van der Waals surface area (Å²) in [5, 5.41) is 6.21. The third kappa shape index (κ3) is 4.76. The van der Waals surface area contributed by atoms with Crippen LogP contribution in [0.2, 0.25) is 0 Å². The van der Waals surface area contributed by atoms with Gasteiger partial charge in [-0.1, -0.05) is 19.1 Å². The summed E-state index contributed by atoms with van der Waals surface area (Å²) in [7, 11) is 0. The van der Waals surface area contributed by atoms with Crippen LogP contribution in [0.1, 0.15) is 19.4 Å². The van der Waals surface area contributed by atoms with Crippen LogP contribution in [-0.4, -0.2) is 38.3 Å². The van der Waals surface area contributed by atoms with Gasteiger partial charge in [-0.25, -0.2) is 0 Å². The van der Waals surface area contributed by atoms with Gasteiger partial charge in [0.25, 0.3) is 0 Å². The minimum atomic E-state index is -0.324. The summed E-state index contributed by atoms with van der Waals surface area (Å²) in [6.45, 7) is 7.37. The van der Waals surface area contributed by atoms with E-state index in [0.717, 1.165) is 44.1 Å². The van der Waals surface area contributed by atoms with Crippen LogP contribution in [0, 0.1) is 0 Å². The lowest BCUT2D eigenvalue weighted by molar-refractivity contribution is -0.116. The molecule has 0 radical (unpaired) electrons. The first-order valence-corrected chi connectivity index (χ1v) is 9.25. The van der Waals surface area contributed by atoms with Gasteiger partial charge in [-0.2, -0.15) is 0 Å². The molecule has 1 heterocycles. The molecule has 1 aliphatic heterocycles. The number of amides is 1. The third-order valence-corrected chi connectivity index (χ3v) is 4.65. The number of carbonyl (C=O) groups is 1. The Morgan fingerprint density at radius 2 is 1.65 bits per heavy atom. The third-order valence-electron chi connectivity index (χ3n) is 4.65. The highest BCUT2D eigenvalue weighted by atomic mass is 16.5. The number of morpholine rings is 1. The summed E-state index contributed by atoms with van der Waals surface area (Å²) in [5.41, 5.74) is 4.20. The van der Waals surface area contributed by atoms with Gasteiger partial charge >= 0.3 is 0 Å². The van der Waals surface area contributed by atoms with Crippen LogP contribution in [0.25, 0.3) is 0 Å². The molecule has 1 fully saturated rings. The van der Waals surface area contributed by atoms with Crippen molar-refractivity contribution in [1.29, 1.82) is 0 Å². The summed E-state index contributed by atoms with van der Waals surface area (Å²) in [4.78, 5) is 14.7. The average Bonchev–Trinajstić information content (AvgIpc) is 2.70. The Labute approximate surface area is 155 Å². The standard InChI is InChI=1S/C21H27N3O2/c1-3-17-4-6-19(7-5-17)23-21(25)16(2)22-18-8-10-20(11-9-18)24-12-14-26-15-13-24/h4-11,16,22H,3,12-15H2,1-2H3,(H,23,25)/t16-/m0/s1. The topological polar surface area (TPSA) is 53.6 Å². The first-order chi connectivity index (χ1) is 12.7. The molecule has 138 valence electrons. The summed E-state index contributed by atoms with van der Waals surface area (Å²) in [6.07, 6.45) is 0.993. The van der Waals surface area contributed by atoms with Crippen LogP contribution in [0.3, 0.4) is 0 Å². The molecular formula is C21H27N3O2. The maximum atomic E-state index is 12.4. The molecule has 1 aliphatic rings. The zero-order chi connectivity index (χ0) is 18.4. The quantitative estimate of drug-likeness (QED) is 0.834. The molecule has 5 nitrogen and oxygen atoms in total. The summed E-state index contributed by atoms with van der Waals surface area (Å²) < 4.78 is 5.39. The number of rotatable bonds is 6. The lowest BCUT2D eigenvalue weighted by Crippen LogP contribution is -2.36. The zero-order valence-electron chi connectivity index (χ0n) is 15.5. The van der Waals surface area contributed by atoms with Gasteiger partial charge in [0.2, 0.25) is 5.91 Å². The number of hydrogen-bond donors (Lipinski definition) is 2. The summed E-state index contributed by atoms with van der Waals surface area (Å²) in [6, 6.07) is 15.9. The van der Waals surface area contributed by atoms with E-state index in [1.165, 1.54) is 11.3 Å². The number of ether oxygens (including phenoxy) is 1. The van der Waals surface area contributed by atoms with E-state index in [1.807, 2.05) is 43.3 Å². The van der Waals surface area contributed by atoms with Crippen LogP contribution in [-0.2, 0) is 16.0 Å². The molecule has 26 heavy (non-hydrogen) atoms.